The van der Waals surface area contributed by atoms with Crippen LogP contribution in [0.2, 0.25) is 0 Å². The summed E-state index contributed by atoms with van der Waals surface area (Å²) in [5.41, 5.74) is 1.25. The van der Waals surface area contributed by atoms with E-state index in [4.69, 9.17) is 0 Å². The summed E-state index contributed by atoms with van der Waals surface area (Å²) in [5.74, 6) is 1.25. The fourth-order valence-corrected chi connectivity index (χ4v) is 3.01. The molecule has 7 nitrogen and oxygen atoms in total. The quantitative estimate of drug-likeness (QED) is 0.845. The highest BCUT2D eigenvalue weighted by Crippen LogP contribution is 2.22. The van der Waals surface area contributed by atoms with Crippen molar-refractivity contribution in [3.63, 3.8) is 0 Å². The summed E-state index contributed by atoms with van der Waals surface area (Å²) < 4.78 is 1.91. The Labute approximate surface area is 142 Å². The zero-order valence-electron chi connectivity index (χ0n) is 14.0. The molecule has 7 heteroatoms. The van der Waals surface area contributed by atoms with E-state index in [9.17, 15) is 4.79 Å². The van der Waals surface area contributed by atoms with E-state index in [1.165, 1.54) is 5.69 Å². The first-order valence-electron chi connectivity index (χ1n) is 8.44. The molecule has 0 saturated carbocycles. The number of carbonyl (C=O) groups excluding carboxylic acids is 1. The van der Waals surface area contributed by atoms with Gasteiger partial charge in [-0.25, -0.2) is 4.79 Å². The van der Waals surface area contributed by atoms with E-state index >= 15 is 0 Å². The monoisotopic (exact) mass is 328 g/mol. The van der Waals surface area contributed by atoms with Gasteiger partial charge in [-0.1, -0.05) is 18.2 Å². The first-order valence-corrected chi connectivity index (χ1v) is 8.44. The van der Waals surface area contributed by atoms with Gasteiger partial charge in [0.15, 0.2) is 5.82 Å². The Morgan fingerprint density at radius 1 is 1.29 bits per heavy atom. The Morgan fingerprint density at radius 2 is 2.12 bits per heavy atom. The molecule has 0 spiro atoms. The van der Waals surface area contributed by atoms with Gasteiger partial charge in [0.25, 0.3) is 0 Å². The fourth-order valence-electron chi connectivity index (χ4n) is 3.01. The fraction of sp³-hybridized carbons (Fsp3) is 0.471. The van der Waals surface area contributed by atoms with Gasteiger partial charge in [-0.3, -0.25) is 0 Å². The van der Waals surface area contributed by atoms with Crippen molar-refractivity contribution in [1.82, 2.24) is 25.4 Å². The summed E-state index contributed by atoms with van der Waals surface area (Å²) in [7, 11) is 0. The van der Waals surface area contributed by atoms with E-state index in [0.29, 0.717) is 19.0 Å². The summed E-state index contributed by atoms with van der Waals surface area (Å²) in [4.78, 5) is 14.3. The van der Waals surface area contributed by atoms with Crippen molar-refractivity contribution in [2.75, 3.05) is 24.5 Å². The molecule has 3 rings (SSSR count). The smallest absolute Gasteiger partial charge is 0.315 e. The average Bonchev–Trinajstić information content (AvgIpc) is 3.28. The Morgan fingerprint density at radius 3 is 2.92 bits per heavy atom. The molecule has 1 aromatic heterocycles. The van der Waals surface area contributed by atoms with Gasteiger partial charge in [0.1, 0.15) is 6.33 Å². The predicted molar refractivity (Wildman–Crippen MR) is 92.7 cm³/mol. The molecule has 24 heavy (non-hydrogen) atoms. The maximum absolute atomic E-state index is 12.0. The van der Waals surface area contributed by atoms with E-state index in [0.717, 1.165) is 31.9 Å². The molecule has 0 bridgehead atoms. The van der Waals surface area contributed by atoms with Gasteiger partial charge >= 0.3 is 6.03 Å². The first kappa shape index (κ1) is 16.3. The number of anilines is 1. The second-order valence-corrected chi connectivity index (χ2v) is 6.03. The number of aromatic nitrogens is 3. The van der Waals surface area contributed by atoms with Crippen LogP contribution in [0.15, 0.2) is 36.7 Å². The molecule has 128 valence electrons. The van der Waals surface area contributed by atoms with Crippen molar-refractivity contribution in [2.24, 2.45) is 5.92 Å². The highest BCUT2D eigenvalue weighted by molar-refractivity contribution is 5.73. The molecule has 1 aromatic carbocycles. The van der Waals surface area contributed by atoms with Crippen LogP contribution in [0.25, 0.3) is 0 Å². The predicted octanol–water partition coefficient (Wildman–Crippen LogP) is 1.62. The highest BCUT2D eigenvalue weighted by Gasteiger charge is 2.22. The van der Waals surface area contributed by atoms with Crippen LogP contribution in [0, 0.1) is 5.92 Å². The lowest BCUT2D eigenvalue weighted by Gasteiger charge is -2.18. The third kappa shape index (κ3) is 4.04. The third-order valence-corrected chi connectivity index (χ3v) is 4.40. The number of hydrogen-bond acceptors (Lipinski definition) is 4. The summed E-state index contributed by atoms with van der Waals surface area (Å²) in [6.45, 7) is 5.91. The molecule has 2 N–H and O–H groups in total. The summed E-state index contributed by atoms with van der Waals surface area (Å²) in [6, 6.07) is 10.3. The maximum Gasteiger partial charge on any atom is 0.315 e. The number of para-hydroxylation sites is 1. The van der Waals surface area contributed by atoms with Gasteiger partial charge in [0.2, 0.25) is 0 Å². The second-order valence-electron chi connectivity index (χ2n) is 6.03. The van der Waals surface area contributed by atoms with Crippen molar-refractivity contribution < 1.29 is 4.79 Å². The Kier molecular flexibility index (Phi) is 5.30. The maximum atomic E-state index is 12.0. The number of aryl methyl sites for hydroxylation is 1. The molecule has 0 unspecified atom stereocenters. The van der Waals surface area contributed by atoms with E-state index in [1.807, 2.05) is 17.6 Å². The van der Waals surface area contributed by atoms with Crippen molar-refractivity contribution in [3.05, 3.63) is 42.5 Å². The number of hydrogen-bond donors (Lipinski definition) is 2. The Hall–Kier alpha value is -2.57. The lowest BCUT2D eigenvalue weighted by Crippen LogP contribution is -2.38. The van der Waals surface area contributed by atoms with Gasteiger partial charge in [-0.05, 0) is 31.4 Å². The van der Waals surface area contributed by atoms with Crippen molar-refractivity contribution in [3.8, 4) is 0 Å². The molecule has 1 fully saturated rings. The van der Waals surface area contributed by atoms with Crippen LogP contribution >= 0.6 is 0 Å². The van der Waals surface area contributed by atoms with Crippen LogP contribution in [0.5, 0.6) is 0 Å². The van der Waals surface area contributed by atoms with Gasteiger partial charge < -0.3 is 20.1 Å². The van der Waals surface area contributed by atoms with Crippen LogP contribution in [0.1, 0.15) is 19.2 Å². The standard InChI is InChI=1S/C17H24N6O/c1-2-22-13-20-21-16(22)11-19-17(24)18-10-14-8-9-23(12-14)15-6-4-3-5-7-15/h3-7,13-14H,2,8-12H2,1H3,(H2,18,19,24)/t14-/m1/s1. The number of rotatable bonds is 6. The molecule has 1 aliphatic heterocycles. The minimum absolute atomic E-state index is 0.154. The minimum Gasteiger partial charge on any atom is -0.371 e. The van der Waals surface area contributed by atoms with Gasteiger partial charge in [0.05, 0.1) is 6.54 Å². The number of benzene rings is 1. The van der Waals surface area contributed by atoms with Crippen LogP contribution in [0.4, 0.5) is 10.5 Å². The van der Waals surface area contributed by atoms with Crippen molar-refractivity contribution in [2.45, 2.75) is 26.4 Å². The normalized spacial score (nSPS) is 17.0. The van der Waals surface area contributed by atoms with Crippen molar-refractivity contribution in [1.29, 1.82) is 0 Å². The Balaban J connectivity index is 1.39. The number of nitrogens with one attached hydrogen (secondary N) is 2. The van der Waals surface area contributed by atoms with E-state index < -0.39 is 0 Å². The summed E-state index contributed by atoms with van der Waals surface area (Å²) in [5, 5.41) is 13.7. The van der Waals surface area contributed by atoms with E-state index in [1.54, 1.807) is 6.33 Å². The molecular formula is C17H24N6O. The molecule has 1 aliphatic rings. The third-order valence-electron chi connectivity index (χ3n) is 4.40. The molecule has 1 atom stereocenters. The lowest BCUT2D eigenvalue weighted by molar-refractivity contribution is 0.238. The van der Waals surface area contributed by atoms with E-state index in [-0.39, 0.29) is 6.03 Å². The lowest BCUT2D eigenvalue weighted by atomic mass is 10.1. The van der Waals surface area contributed by atoms with Crippen LogP contribution in [-0.2, 0) is 13.1 Å². The van der Waals surface area contributed by atoms with Crippen molar-refractivity contribution >= 4 is 11.7 Å². The van der Waals surface area contributed by atoms with E-state index in [2.05, 4.69) is 50.0 Å². The number of carbonyl (C=O) groups is 1. The Bertz CT molecular complexity index is 656. The average molecular weight is 328 g/mol. The summed E-state index contributed by atoms with van der Waals surface area (Å²) in [6.07, 6.45) is 2.77. The van der Waals surface area contributed by atoms with Gasteiger partial charge in [-0.15, -0.1) is 10.2 Å². The van der Waals surface area contributed by atoms with Gasteiger partial charge in [-0.2, -0.15) is 0 Å². The first-order chi connectivity index (χ1) is 11.8. The minimum atomic E-state index is -0.154. The van der Waals surface area contributed by atoms with Crippen LogP contribution in [0.3, 0.4) is 0 Å². The zero-order chi connectivity index (χ0) is 16.8. The molecule has 2 heterocycles. The second kappa shape index (κ2) is 7.81. The largest absolute Gasteiger partial charge is 0.371 e. The SMILES string of the molecule is CCn1cnnc1CNC(=O)NC[C@H]1CCN(c2ccccc2)C1. The molecule has 0 aliphatic carbocycles. The highest BCUT2D eigenvalue weighted by atomic mass is 16.2. The van der Waals surface area contributed by atoms with Crippen LogP contribution < -0.4 is 15.5 Å². The van der Waals surface area contributed by atoms with Gasteiger partial charge in [0, 0.05) is 31.9 Å². The number of amides is 2. The topological polar surface area (TPSA) is 75.1 Å². The molecular weight excluding hydrogens is 304 g/mol. The summed E-state index contributed by atoms with van der Waals surface area (Å²) >= 11 is 0. The number of urea groups is 1. The molecule has 0 radical (unpaired) electrons. The molecule has 1 saturated heterocycles. The zero-order valence-corrected chi connectivity index (χ0v) is 14.0. The molecule has 2 amide bonds. The molecule has 2 aromatic rings. The van der Waals surface area contributed by atoms with Crippen LogP contribution in [-0.4, -0.2) is 40.4 Å². The number of nitrogens with zero attached hydrogens (tertiary/aromatic N) is 4.